The molecule has 8 heteroatoms. The lowest BCUT2D eigenvalue weighted by Crippen LogP contribution is -2.26. The molecule has 2 aromatic carbocycles. The summed E-state index contributed by atoms with van der Waals surface area (Å²) in [6, 6.07) is 6.74. The SMILES string of the molecule is Cc1cc(C)c(NC(=O)C[S@](=O)CC(=O)Nc2ccc(F)c(F)c2)c(C)c1. The first-order chi connectivity index (χ1) is 12.7. The smallest absolute Gasteiger partial charge is 0.237 e. The van der Waals surface area contributed by atoms with Gasteiger partial charge >= 0.3 is 0 Å². The minimum atomic E-state index is -1.75. The molecule has 0 aromatic heterocycles. The number of rotatable bonds is 6. The van der Waals surface area contributed by atoms with Gasteiger partial charge in [-0.05, 0) is 44.0 Å². The first-order valence-electron chi connectivity index (χ1n) is 8.13. The molecule has 0 radical (unpaired) electrons. The van der Waals surface area contributed by atoms with Crippen molar-refractivity contribution in [3.05, 3.63) is 58.7 Å². The summed E-state index contributed by atoms with van der Waals surface area (Å²) in [4.78, 5) is 24.0. The predicted octanol–water partition coefficient (Wildman–Crippen LogP) is 3.22. The maximum absolute atomic E-state index is 13.1. The molecule has 1 atom stereocenters. The van der Waals surface area contributed by atoms with E-state index in [1.807, 2.05) is 32.9 Å². The van der Waals surface area contributed by atoms with Gasteiger partial charge in [-0.15, -0.1) is 0 Å². The van der Waals surface area contributed by atoms with E-state index in [9.17, 15) is 22.6 Å². The molecule has 0 saturated heterocycles. The summed E-state index contributed by atoms with van der Waals surface area (Å²) in [5.74, 6) is -4.04. The van der Waals surface area contributed by atoms with Crippen LogP contribution in [0.5, 0.6) is 0 Å². The van der Waals surface area contributed by atoms with Gasteiger partial charge in [0.15, 0.2) is 11.6 Å². The van der Waals surface area contributed by atoms with Gasteiger partial charge in [-0.3, -0.25) is 13.8 Å². The Labute approximate surface area is 158 Å². The number of aryl methyl sites for hydroxylation is 3. The summed E-state index contributed by atoms with van der Waals surface area (Å²) >= 11 is 0. The van der Waals surface area contributed by atoms with Gasteiger partial charge in [0.1, 0.15) is 11.5 Å². The Hall–Kier alpha value is -2.61. The van der Waals surface area contributed by atoms with Crippen LogP contribution in [-0.4, -0.2) is 27.5 Å². The van der Waals surface area contributed by atoms with Gasteiger partial charge in [0.25, 0.3) is 0 Å². The minimum Gasteiger partial charge on any atom is -0.325 e. The van der Waals surface area contributed by atoms with E-state index in [-0.39, 0.29) is 11.4 Å². The van der Waals surface area contributed by atoms with E-state index < -0.39 is 40.0 Å². The molecule has 0 bridgehead atoms. The van der Waals surface area contributed by atoms with E-state index >= 15 is 0 Å². The van der Waals surface area contributed by atoms with Crippen molar-refractivity contribution in [3.8, 4) is 0 Å². The molecule has 5 nitrogen and oxygen atoms in total. The summed E-state index contributed by atoms with van der Waals surface area (Å²) < 4.78 is 38.0. The van der Waals surface area contributed by atoms with Crippen molar-refractivity contribution in [2.24, 2.45) is 0 Å². The second-order valence-electron chi connectivity index (χ2n) is 6.23. The summed E-state index contributed by atoms with van der Waals surface area (Å²) in [5, 5.41) is 5.04. The fourth-order valence-corrected chi connectivity index (χ4v) is 3.50. The normalized spacial score (nSPS) is 11.7. The van der Waals surface area contributed by atoms with Crippen molar-refractivity contribution in [3.63, 3.8) is 0 Å². The Morgan fingerprint density at radius 1 is 0.889 bits per heavy atom. The number of carbonyl (C=O) groups is 2. The average Bonchev–Trinajstić information content (AvgIpc) is 2.54. The van der Waals surface area contributed by atoms with E-state index in [1.54, 1.807) is 0 Å². The molecule has 0 aliphatic carbocycles. The van der Waals surface area contributed by atoms with Crippen molar-refractivity contribution in [2.75, 3.05) is 22.1 Å². The number of amides is 2. The average molecular weight is 394 g/mol. The van der Waals surface area contributed by atoms with Crippen LogP contribution in [0.3, 0.4) is 0 Å². The molecule has 0 unspecified atom stereocenters. The molecule has 0 saturated carbocycles. The lowest BCUT2D eigenvalue weighted by molar-refractivity contribution is -0.114. The van der Waals surface area contributed by atoms with E-state index in [4.69, 9.17) is 0 Å². The van der Waals surface area contributed by atoms with Gasteiger partial charge < -0.3 is 10.6 Å². The van der Waals surface area contributed by atoms with Crippen LogP contribution in [0.2, 0.25) is 0 Å². The lowest BCUT2D eigenvalue weighted by Gasteiger charge is -2.12. The first-order valence-corrected chi connectivity index (χ1v) is 9.62. The number of hydrogen-bond donors (Lipinski definition) is 2. The Bertz CT molecular complexity index is 893. The predicted molar refractivity (Wildman–Crippen MR) is 102 cm³/mol. The first kappa shape index (κ1) is 20.7. The fraction of sp³-hybridized carbons (Fsp3) is 0.263. The van der Waals surface area contributed by atoms with Crippen molar-refractivity contribution < 1.29 is 22.6 Å². The second-order valence-corrected chi connectivity index (χ2v) is 7.68. The molecular formula is C19H20F2N2O3S. The highest BCUT2D eigenvalue weighted by Crippen LogP contribution is 2.21. The van der Waals surface area contributed by atoms with Crippen LogP contribution in [0.25, 0.3) is 0 Å². The van der Waals surface area contributed by atoms with E-state index in [0.29, 0.717) is 5.69 Å². The molecule has 0 aliphatic heterocycles. The van der Waals surface area contributed by atoms with E-state index in [1.165, 1.54) is 6.07 Å². The fourth-order valence-electron chi connectivity index (χ4n) is 2.67. The zero-order chi connectivity index (χ0) is 20.1. The van der Waals surface area contributed by atoms with Gasteiger partial charge in [-0.25, -0.2) is 8.78 Å². The molecular weight excluding hydrogens is 374 g/mol. The Morgan fingerprint density at radius 2 is 1.44 bits per heavy atom. The highest BCUT2D eigenvalue weighted by Gasteiger charge is 2.15. The molecule has 144 valence electrons. The summed E-state index contributed by atoms with van der Waals surface area (Å²) in [7, 11) is -1.75. The molecule has 0 heterocycles. The molecule has 0 aliphatic rings. The molecule has 2 N–H and O–H groups in total. The standard InChI is InChI=1S/C19H20F2N2O3S/c1-11-6-12(2)19(13(3)7-11)23-18(25)10-27(26)9-17(24)22-14-4-5-15(20)16(21)8-14/h4-8H,9-10H2,1-3H3,(H,22,24)(H,23,25)/t27-/m1/s1. The Kier molecular flexibility index (Phi) is 6.79. The van der Waals surface area contributed by atoms with Crippen LogP contribution in [-0.2, 0) is 20.4 Å². The summed E-state index contributed by atoms with van der Waals surface area (Å²) in [5.41, 5.74) is 3.56. The highest BCUT2D eigenvalue weighted by atomic mass is 32.2. The van der Waals surface area contributed by atoms with Crippen molar-refractivity contribution >= 4 is 34.0 Å². The Morgan fingerprint density at radius 3 is 2.00 bits per heavy atom. The maximum Gasteiger partial charge on any atom is 0.237 e. The number of benzene rings is 2. The van der Waals surface area contributed by atoms with Gasteiger partial charge in [0.2, 0.25) is 11.8 Å². The molecule has 0 spiro atoms. The number of halogens is 2. The summed E-state index contributed by atoms with van der Waals surface area (Å²) in [6.07, 6.45) is 0. The van der Waals surface area contributed by atoms with E-state index in [2.05, 4.69) is 10.6 Å². The van der Waals surface area contributed by atoms with Crippen molar-refractivity contribution in [1.29, 1.82) is 0 Å². The monoisotopic (exact) mass is 394 g/mol. The maximum atomic E-state index is 13.1. The number of carbonyl (C=O) groups excluding carboxylic acids is 2. The zero-order valence-corrected chi connectivity index (χ0v) is 16.0. The van der Waals surface area contributed by atoms with Crippen molar-refractivity contribution in [1.82, 2.24) is 0 Å². The van der Waals surface area contributed by atoms with Gasteiger partial charge in [-0.2, -0.15) is 0 Å². The van der Waals surface area contributed by atoms with Gasteiger partial charge in [-0.1, -0.05) is 17.7 Å². The third-order valence-corrected chi connectivity index (χ3v) is 4.90. The lowest BCUT2D eigenvalue weighted by atomic mass is 10.1. The van der Waals surface area contributed by atoms with Gasteiger partial charge in [0.05, 0.1) is 0 Å². The quantitative estimate of drug-likeness (QED) is 0.790. The highest BCUT2D eigenvalue weighted by molar-refractivity contribution is 7.86. The number of anilines is 2. The second kappa shape index (κ2) is 8.85. The third kappa shape index (κ3) is 5.96. The van der Waals surface area contributed by atoms with Crippen LogP contribution in [0.15, 0.2) is 30.3 Å². The third-order valence-electron chi connectivity index (χ3n) is 3.73. The Balaban J connectivity index is 1.90. The van der Waals surface area contributed by atoms with Crippen LogP contribution >= 0.6 is 0 Å². The van der Waals surface area contributed by atoms with Crippen LogP contribution in [0.4, 0.5) is 20.2 Å². The van der Waals surface area contributed by atoms with Crippen LogP contribution < -0.4 is 10.6 Å². The zero-order valence-electron chi connectivity index (χ0n) is 15.2. The van der Waals surface area contributed by atoms with Crippen LogP contribution in [0, 0.1) is 32.4 Å². The summed E-state index contributed by atoms with van der Waals surface area (Å²) in [6.45, 7) is 5.68. The van der Waals surface area contributed by atoms with Gasteiger partial charge in [0, 0.05) is 28.2 Å². The number of hydrogen-bond acceptors (Lipinski definition) is 3. The molecule has 2 aromatic rings. The number of nitrogens with one attached hydrogen (secondary N) is 2. The molecule has 2 rings (SSSR count). The molecule has 0 fully saturated rings. The topological polar surface area (TPSA) is 75.3 Å². The van der Waals surface area contributed by atoms with Crippen LogP contribution in [0.1, 0.15) is 16.7 Å². The molecule has 2 amide bonds. The minimum absolute atomic E-state index is 0.0475. The largest absolute Gasteiger partial charge is 0.325 e. The van der Waals surface area contributed by atoms with Crippen molar-refractivity contribution in [2.45, 2.75) is 20.8 Å². The molecule has 27 heavy (non-hydrogen) atoms. The van der Waals surface area contributed by atoms with E-state index in [0.717, 1.165) is 28.8 Å².